The van der Waals surface area contributed by atoms with E-state index in [4.69, 9.17) is 14.6 Å². The van der Waals surface area contributed by atoms with Crippen molar-refractivity contribution in [1.29, 1.82) is 0 Å². The Morgan fingerprint density at radius 1 is 1.12 bits per heavy atom. The van der Waals surface area contributed by atoms with Gasteiger partial charge >= 0.3 is 12.1 Å². The number of nitrogens with zero attached hydrogens (tertiary/aromatic N) is 7. The van der Waals surface area contributed by atoms with Gasteiger partial charge in [0.1, 0.15) is 17.0 Å². The lowest BCUT2D eigenvalue weighted by atomic mass is 9.95. The maximum absolute atomic E-state index is 16.4. The molecule has 0 aliphatic carbocycles. The SMILES string of the molecule is COC1=C[N+](O)(c2c3c(nn2-c2cc(C)c(F)c(C)c2)CCN(C(=O)OC(C)(C)C)[C@H]3C)C(=O)N(c2ccc3c(cnn3C)c2F)C1(C)C. The molecule has 2 aromatic heterocycles. The van der Waals surface area contributed by atoms with Crippen LogP contribution in [0, 0.1) is 25.5 Å². The standard InChI is InChI=1S/C35H42F2N7O5/c1-19-15-22(16-20(2)29(19)36)43-31(28-21(3)41(14-13-24(28)39-43)33(46)49-34(4,5)6)44(47)18-27(48-10)35(7,8)42(32(44)45)26-12-11-25-23(30(26)37)17-38-40(25)9/h11-12,15-18,21,47H,13-14H2,1-10H3/q+1/t21-,44?/m0/s1. The number of hydrogen-bond donors (Lipinski definition) is 1. The molecule has 12 nitrogen and oxygen atoms in total. The zero-order valence-corrected chi connectivity index (χ0v) is 29.4. The smallest absolute Gasteiger partial charge is 0.468 e. The van der Waals surface area contributed by atoms with Crippen LogP contribution >= 0.6 is 0 Å². The Labute approximate surface area is 283 Å². The van der Waals surface area contributed by atoms with Crippen molar-refractivity contribution < 1.29 is 33.1 Å². The molecule has 0 radical (unpaired) electrons. The van der Waals surface area contributed by atoms with Gasteiger partial charge in [0.2, 0.25) is 0 Å². The molecule has 0 bridgehead atoms. The summed E-state index contributed by atoms with van der Waals surface area (Å²) in [6.07, 6.45) is 2.33. The summed E-state index contributed by atoms with van der Waals surface area (Å²) in [4.78, 5) is 31.2. The Morgan fingerprint density at radius 2 is 1.78 bits per heavy atom. The number of hydrogen-bond acceptors (Lipinski definition) is 7. The predicted molar refractivity (Wildman–Crippen MR) is 179 cm³/mol. The van der Waals surface area contributed by atoms with Gasteiger partial charge in [-0.15, -0.1) is 0 Å². The number of carbonyl (C=O) groups is 2. The number of urea groups is 1. The molecule has 0 saturated carbocycles. The van der Waals surface area contributed by atoms with Gasteiger partial charge in [0, 0.05) is 20.0 Å². The zero-order chi connectivity index (χ0) is 36.0. The first-order valence-electron chi connectivity index (χ1n) is 16.0. The number of fused-ring (bicyclic) bond motifs is 2. The number of quaternary nitrogens is 1. The summed E-state index contributed by atoms with van der Waals surface area (Å²) < 4.78 is 44.2. The van der Waals surface area contributed by atoms with E-state index < -0.39 is 45.6 Å². The van der Waals surface area contributed by atoms with Crippen molar-refractivity contribution in [1.82, 2.24) is 29.1 Å². The summed E-state index contributed by atoms with van der Waals surface area (Å²) in [5.41, 5.74) is 0.299. The van der Waals surface area contributed by atoms with Gasteiger partial charge < -0.3 is 14.4 Å². The van der Waals surface area contributed by atoms with Crippen molar-refractivity contribution in [2.24, 2.45) is 7.05 Å². The summed E-state index contributed by atoms with van der Waals surface area (Å²) in [5.74, 6) is -0.991. The number of rotatable bonds is 4. The van der Waals surface area contributed by atoms with Crippen molar-refractivity contribution in [3.63, 3.8) is 0 Å². The van der Waals surface area contributed by atoms with Crippen LogP contribution in [0.1, 0.15) is 70.0 Å². The van der Waals surface area contributed by atoms with Gasteiger partial charge in [-0.05, 0) is 95.4 Å². The number of carbonyl (C=O) groups excluding carboxylic acids is 2. The van der Waals surface area contributed by atoms with E-state index in [9.17, 15) is 14.4 Å². The molecule has 49 heavy (non-hydrogen) atoms. The molecule has 1 unspecified atom stereocenters. The van der Waals surface area contributed by atoms with Gasteiger partial charge in [-0.25, -0.2) is 23.3 Å². The van der Waals surface area contributed by atoms with E-state index >= 15 is 9.18 Å². The average Bonchev–Trinajstić information content (AvgIpc) is 3.60. The molecule has 260 valence electrons. The van der Waals surface area contributed by atoms with Gasteiger partial charge in [0.25, 0.3) is 5.82 Å². The molecule has 0 spiro atoms. The molecule has 2 aliphatic rings. The maximum Gasteiger partial charge on any atom is 0.468 e. The Bertz CT molecular complexity index is 2040. The van der Waals surface area contributed by atoms with E-state index in [0.29, 0.717) is 33.6 Å². The molecule has 6 rings (SSSR count). The Hall–Kier alpha value is -4.82. The fourth-order valence-electron chi connectivity index (χ4n) is 6.88. The van der Waals surface area contributed by atoms with Crippen LogP contribution in [0.25, 0.3) is 16.6 Å². The number of halogens is 2. The normalized spacial score (nSPS) is 20.8. The van der Waals surface area contributed by atoms with Crippen LogP contribution in [0.5, 0.6) is 0 Å². The first-order valence-corrected chi connectivity index (χ1v) is 16.0. The summed E-state index contributed by atoms with van der Waals surface area (Å²) in [6, 6.07) is 4.59. The minimum absolute atomic E-state index is 0.0379. The number of amides is 3. The zero-order valence-electron chi connectivity index (χ0n) is 29.4. The van der Waals surface area contributed by atoms with Gasteiger partial charge in [0.05, 0.1) is 52.9 Å². The molecule has 0 saturated heterocycles. The van der Waals surface area contributed by atoms with E-state index in [-0.39, 0.29) is 35.6 Å². The number of aromatic nitrogens is 4. The number of hydroxylamine groups is 2. The van der Waals surface area contributed by atoms with E-state index in [1.165, 1.54) is 39.8 Å². The largest absolute Gasteiger partial charge is 0.493 e. The first-order chi connectivity index (χ1) is 22.8. The van der Waals surface area contributed by atoms with Crippen LogP contribution in [0.2, 0.25) is 0 Å². The van der Waals surface area contributed by atoms with E-state index in [1.807, 2.05) is 0 Å². The number of ether oxygens (including phenoxy) is 2. The topological polar surface area (TPSA) is 115 Å². The second-order valence-electron chi connectivity index (χ2n) is 14.2. The molecule has 1 N–H and O–H groups in total. The lowest BCUT2D eigenvalue weighted by molar-refractivity contribution is -0.00892. The third-order valence-electron chi connectivity index (χ3n) is 9.32. The highest BCUT2D eigenvalue weighted by Gasteiger charge is 2.59. The summed E-state index contributed by atoms with van der Waals surface area (Å²) >= 11 is 0. The van der Waals surface area contributed by atoms with Crippen LogP contribution in [0.4, 0.5) is 29.9 Å². The fourth-order valence-corrected chi connectivity index (χ4v) is 6.88. The Morgan fingerprint density at radius 3 is 2.39 bits per heavy atom. The molecule has 2 aliphatic heterocycles. The first kappa shape index (κ1) is 34.1. The number of methoxy groups -OCH3 is 1. The average molecular weight is 679 g/mol. The van der Waals surface area contributed by atoms with Gasteiger partial charge in [-0.1, -0.05) is 0 Å². The molecule has 14 heteroatoms. The van der Waals surface area contributed by atoms with Crippen molar-refractivity contribution in [3.05, 3.63) is 76.4 Å². The minimum atomic E-state index is -1.54. The Balaban J connectivity index is 1.63. The van der Waals surface area contributed by atoms with Crippen molar-refractivity contribution in [3.8, 4) is 5.69 Å². The molecule has 2 atom stereocenters. The highest BCUT2D eigenvalue weighted by atomic mass is 19.1. The summed E-state index contributed by atoms with van der Waals surface area (Å²) in [5, 5.41) is 22.1. The maximum atomic E-state index is 16.4. The summed E-state index contributed by atoms with van der Waals surface area (Å²) in [7, 11) is 3.09. The lowest BCUT2D eigenvalue weighted by Crippen LogP contribution is -2.66. The minimum Gasteiger partial charge on any atom is -0.493 e. The third kappa shape index (κ3) is 5.24. The predicted octanol–water partition coefficient (Wildman–Crippen LogP) is 7.11. The molecule has 2 aromatic carbocycles. The van der Waals surface area contributed by atoms with Crippen molar-refractivity contribution >= 4 is 34.5 Å². The molecular formula is C35H42F2N7O5+. The van der Waals surface area contributed by atoms with Crippen molar-refractivity contribution in [2.45, 2.75) is 79.0 Å². The molecule has 0 fully saturated rings. The van der Waals surface area contributed by atoms with Gasteiger partial charge in [0.15, 0.2) is 17.8 Å². The Kier molecular flexibility index (Phi) is 7.91. The van der Waals surface area contributed by atoms with Crippen LogP contribution < -0.4 is 9.55 Å². The molecule has 3 amide bonds. The second kappa shape index (κ2) is 11.4. The number of aryl methyl sites for hydroxylation is 3. The summed E-state index contributed by atoms with van der Waals surface area (Å²) in [6.45, 7) is 13.9. The molecule has 4 aromatic rings. The van der Waals surface area contributed by atoms with Crippen LogP contribution in [-0.4, -0.2) is 66.6 Å². The quantitative estimate of drug-likeness (QED) is 0.181. The third-order valence-corrected chi connectivity index (χ3v) is 9.32. The fraction of sp³-hybridized carbons (Fsp3) is 0.429. The molecule has 4 heterocycles. The highest BCUT2D eigenvalue weighted by Crippen LogP contribution is 2.47. The van der Waals surface area contributed by atoms with E-state index in [2.05, 4.69) is 5.10 Å². The number of anilines is 1. The number of benzene rings is 2. The monoisotopic (exact) mass is 678 g/mol. The van der Waals surface area contributed by atoms with Crippen LogP contribution in [0.15, 0.2) is 42.4 Å². The van der Waals surface area contributed by atoms with Crippen LogP contribution in [0.3, 0.4) is 0 Å². The molecular weight excluding hydrogens is 636 g/mol. The van der Waals surface area contributed by atoms with E-state index in [1.54, 1.807) is 80.6 Å². The highest BCUT2D eigenvalue weighted by molar-refractivity contribution is 6.04. The van der Waals surface area contributed by atoms with Gasteiger partial charge in [-0.2, -0.15) is 20.1 Å². The second-order valence-corrected chi connectivity index (χ2v) is 14.2. The lowest BCUT2D eigenvalue weighted by Gasteiger charge is -2.44. The van der Waals surface area contributed by atoms with E-state index in [0.717, 1.165) is 4.90 Å². The van der Waals surface area contributed by atoms with Crippen molar-refractivity contribution in [2.75, 3.05) is 18.6 Å². The van der Waals surface area contributed by atoms with Gasteiger partial charge in [-0.3, -0.25) is 4.68 Å². The van der Waals surface area contributed by atoms with Crippen LogP contribution in [-0.2, 0) is 22.9 Å².